The van der Waals surface area contributed by atoms with Crippen LogP contribution in [0.4, 0.5) is 0 Å². The SMILES string of the molecule is CC(C)c1nc(CN(C)C2CCN(C(C)C(=O)N(C)C)C2)no1. The van der Waals surface area contributed by atoms with Gasteiger partial charge in [-0.1, -0.05) is 19.0 Å². The zero-order valence-corrected chi connectivity index (χ0v) is 15.1. The molecule has 23 heavy (non-hydrogen) atoms. The molecular weight excluding hydrogens is 294 g/mol. The van der Waals surface area contributed by atoms with Crippen molar-refractivity contribution in [3.63, 3.8) is 0 Å². The van der Waals surface area contributed by atoms with Gasteiger partial charge in [0.15, 0.2) is 5.82 Å². The van der Waals surface area contributed by atoms with Crippen molar-refractivity contribution in [2.75, 3.05) is 34.2 Å². The number of amides is 1. The van der Waals surface area contributed by atoms with E-state index in [4.69, 9.17) is 4.52 Å². The summed E-state index contributed by atoms with van der Waals surface area (Å²) < 4.78 is 5.26. The molecule has 2 rings (SSSR count). The molecule has 7 nitrogen and oxygen atoms in total. The lowest BCUT2D eigenvalue weighted by Crippen LogP contribution is -2.45. The largest absolute Gasteiger partial charge is 0.347 e. The normalized spacial score (nSPS) is 20.4. The summed E-state index contributed by atoms with van der Waals surface area (Å²) in [5.41, 5.74) is 0. The number of likely N-dealkylation sites (N-methyl/N-ethyl adjacent to an activating group) is 2. The van der Waals surface area contributed by atoms with Crippen LogP contribution < -0.4 is 0 Å². The molecule has 0 aliphatic carbocycles. The topological polar surface area (TPSA) is 65.7 Å². The zero-order valence-electron chi connectivity index (χ0n) is 15.1. The molecule has 0 N–H and O–H groups in total. The Hall–Kier alpha value is -1.47. The monoisotopic (exact) mass is 323 g/mol. The first-order chi connectivity index (χ1) is 10.8. The van der Waals surface area contributed by atoms with Crippen LogP contribution in [-0.2, 0) is 11.3 Å². The van der Waals surface area contributed by atoms with Gasteiger partial charge in [0, 0.05) is 39.1 Å². The molecule has 1 aliphatic heterocycles. The molecule has 1 fully saturated rings. The van der Waals surface area contributed by atoms with E-state index in [-0.39, 0.29) is 17.9 Å². The van der Waals surface area contributed by atoms with Crippen LogP contribution in [0.2, 0.25) is 0 Å². The smallest absolute Gasteiger partial charge is 0.239 e. The molecule has 2 unspecified atom stereocenters. The molecule has 0 aromatic carbocycles. The predicted molar refractivity (Wildman–Crippen MR) is 88.0 cm³/mol. The van der Waals surface area contributed by atoms with Crippen molar-refractivity contribution in [2.45, 2.75) is 51.7 Å². The van der Waals surface area contributed by atoms with Crippen molar-refractivity contribution in [3.8, 4) is 0 Å². The Bertz CT molecular complexity index is 528. The van der Waals surface area contributed by atoms with Crippen LogP contribution in [0.1, 0.15) is 44.8 Å². The number of carbonyl (C=O) groups excluding carboxylic acids is 1. The molecule has 1 aromatic rings. The highest BCUT2D eigenvalue weighted by molar-refractivity contribution is 5.80. The van der Waals surface area contributed by atoms with Crippen molar-refractivity contribution >= 4 is 5.91 Å². The van der Waals surface area contributed by atoms with E-state index in [0.717, 1.165) is 25.3 Å². The second-order valence-corrected chi connectivity index (χ2v) is 6.96. The van der Waals surface area contributed by atoms with Crippen molar-refractivity contribution in [1.82, 2.24) is 24.8 Å². The van der Waals surface area contributed by atoms with Gasteiger partial charge in [-0.3, -0.25) is 14.6 Å². The standard InChI is InChI=1S/C16H29N5O2/c1-11(2)15-17-14(18-23-15)10-20(6)13-7-8-21(9-13)12(3)16(22)19(4)5/h11-13H,7-10H2,1-6H3. The molecule has 1 saturated heterocycles. The Morgan fingerprint density at radius 1 is 1.35 bits per heavy atom. The van der Waals surface area contributed by atoms with E-state index in [2.05, 4.69) is 27.0 Å². The fourth-order valence-corrected chi connectivity index (χ4v) is 2.93. The lowest BCUT2D eigenvalue weighted by Gasteiger charge is -2.27. The Labute approximate surface area is 138 Å². The van der Waals surface area contributed by atoms with Crippen LogP contribution in [0.15, 0.2) is 4.52 Å². The van der Waals surface area contributed by atoms with Crippen molar-refractivity contribution in [2.24, 2.45) is 0 Å². The van der Waals surface area contributed by atoms with Gasteiger partial charge in [0.25, 0.3) is 0 Å². The molecule has 2 heterocycles. The third-order valence-electron chi connectivity index (χ3n) is 4.53. The first-order valence-electron chi connectivity index (χ1n) is 8.27. The number of nitrogens with zero attached hydrogens (tertiary/aromatic N) is 5. The summed E-state index contributed by atoms with van der Waals surface area (Å²) in [6.45, 7) is 8.58. The lowest BCUT2D eigenvalue weighted by molar-refractivity contribution is -0.133. The number of aromatic nitrogens is 2. The number of hydrogen-bond acceptors (Lipinski definition) is 6. The van der Waals surface area contributed by atoms with Gasteiger partial charge in [0.05, 0.1) is 12.6 Å². The van der Waals surface area contributed by atoms with E-state index in [1.165, 1.54) is 0 Å². The Balaban J connectivity index is 1.89. The van der Waals surface area contributed by atoms with Gasteiger partial charge in [-0.25, -0.2) is 0 Å². The van der Waals surface area contributed by atoms with Gasteiger partial charge < -0.3 is 9.42 Å². The summed E-state index contributed by atoms with van der Waals surface area (Å²) in [5, 5.41) is 4.05. The van der Waals surface area contributed by atoms with Gasteiger partial charge in [-0.15, -0.1) is 0 Å². The molecule has 0 spiro atoms. The van der Waals surface area contributed by atoms with Crippen LogP contribution in [0.25, 0.3) is 0 Å². The highest BCUT2D eigenvalue weighted by atomic mass is 16.5. The Kier molecular flexibility index (Phi) is 5.75. The predicted octanol–water partition coefficient (Wildman–Crippen LogP) is 1.18. The fraction of sp³-hybridized carbons (Fsp3) is 0.812. The average Bonchev–Trinajstić information content (AvgIpc) is 3.14. The molecule has 2 atom stereocenters. The molecule has 1 aliphatic rings. The van der Waals surface area contributed by atoms with Crippen molar-refractivity contribution < 1.29 is 9.32 Å². The summed E-state index contributed by atoms with van der Waals surface area (Å²) in [7, 11) is 5.69. The fourth-order valence-electron chi connectivity index (χ4n) is 2.93. The van der Waals surface area contributed by atoms with Gasteiger partial charge in [-0.2, -0.15) is 4.98 Å². The average molecular weight is 323 g/mol. The van der Waals surface area contributed by atoms with Gasteiger partial charge in [-0.05, 0) is 20.4 Å². The molecular formula is C16H29N5O2. The van der Waals surface area contributed by atoms with Crippen LogP contribution in [-0.4, -0.2) is 77.1 Å². The third-order valence-corrected chi connectivity index (χ3v) is 4.53. The molecule has 1 aromatic heterocycles. The quantitative estimate of drug-likeness (QED) is 0.783. The van der Waals surface area contributed by atoms with Gasteiger partial charge in [0.2, 0.25) is 11.8 Å². The van der Waals surface area contributed by atoms with Crippen LogP contribution in [0.3, 0.4) is 0 Å². The molecule has 1 amide bonds. The van der Waals surface area contributed by atoms with Gasteiger partial charge in [0.1, 0.15) is 0 Å². The van der Waals surface area contributed by atoms with E-state index in [1.54, 1.807) is 19.0 Å². The zero-order chi connectivity index (χ0) is 17.1. The van der Waals surface area contributed by atoms with E-state index in [1.807, 2.05) is 20.8 Å². The third kappa shape index (κ3) is 4.29. The Morgan fingerprint density at radius 2 is 2.04 bits per heavy atom. The second kappa shape index (κ2) is 7.40. The first kappa shape index (κ1) is 17.9. The summed E-state index contributed by atoms with van der Waals surface area (Å²) in [5.74, 6) is 1.83. The number of carbonyl (C=O) groups is 1. The second-order valence-electron chi connectivity index (χ2n) is 6.96. The first-order valence-corrected chi connectivity index (χ1v) is 8.27. The van der Waals surface area contributed by atoms with Crippen LogP contribution in [0.5, 0.6) is 0 Å². The van der Waals surface area contributed by atoms with Crippen LogP contribution >= 0.6 is 0 Å². The highest BCUT2D eigenvalue weighted by Gasteiger charge is 2.32. The van der Waals surface area contributed by atoms with E-state index >= 15 is 0 Å². The maximum atomic E-state index is 12.1. The molecule has 130 valence electrons. The minimum Gasteiger partial charge on any atom is -0.347 e. The minimum atomic E-state index is -0.0684. The number of rotatable bonds is 6. The number of likely N-dealkylation sites (tertiary alicyclic amines) is 1. The van der Waals surface area contributed by atoms with Crippen molar-refractivity contribution in [1.29, 1.82) is 0 Å². The summed E-state index contributed by atoms with van der Waals surface area (Å²) in [6, 6.07) is 0.342. The maximum absolute atomic E-state index is 12.1. The van der Waals surface area contributed by atoms with E-state index in [0.29, 0.717) is 18.5 Å². The van der Waals surface area contributed by atoms with E-state index in [9.17, 15) is 4.79 Å². The molecule has 7 heteroatoms. The minimum absolute atomic E-state index is 0.0684. The summed E-state index contributed by atoms with van der Waals surface area (Å²) >= 11 is 0. The molecule has 0 bridgehead atoms. The lowest BCUT2D eigenvalue weighted by atomic mass is 10.2. The molecule has 0 radical (unpaired) electrons. The van der Waals surface area contributed by atoms with Crippen LogP contribution in [0, 0.1) is 0 Å². The Morgan fingerprint density at radius 3 is 2.61 bits per heavy atom. The summed E-state index contributed by atoms with van der Waals surface area (Å²) in [4.78, 5) is 22.7. The summed E-state index contributed by atoms with van der Waals surface area (Å²) in [6.07, 6.45) is 1.05. The highest BCUT2D eigenvalue weighted by Crippen LogP contribution is 2.19. The maximum Gasteiger partial charge on any atom is 0.239 e. The van der Waals surface area contributed by atoms with Crippen molar-refractivity contribution in [3.05, 3.63) is 11.7 Å². The molecule has 0 saturated carbocycles. The van der Waals surface area contributed by atoms with E-state index < -0.39 is 0 Å². The van der Waals surface area contributed by atoms with Gasteiger partial charge >= 0.3 is 0 Å². The number of hydrogen-bond donors (Lipinski definition) is 0.